The van der Waals surface area contributed by atoms with Crippen molar-refractivity contribution in [3.05, 3.63) is 75.8 Å². The van der Waals surface area contributed by atoms with Crippen LogP contribution in [-0.2, 0) is 5.16 Å². The Kier molecular flexibility index (Phi) is 3.90. The highest BCUT2D eigenvalue weighted by molar-refractivity contribution is 7.60. The SMILES string of the molecule is C=Cc1ccc(C2=NP3CCC3(c3cc(C)cc(Cl)c3)C2)cc1C. The van der Waals surface area contributed by atoms with E-state index in [0.29, 0.717) is 0 Å². The van der Waals surface area contributed by atoms with Crippen LogP contribution in [0.5, 0.6) is 0 Å². The smallest absolute Gasteiger partial charge is 0.0478 e. The van der Waals surface area contributed by atoms with Gasteiger partial charge in [-0.1, -0.05) is 42.5 Å². The summed E-state index contributed by atoms with van der Waals surface area (Å²) in [7, 11) is -0.306. The number of hydrogen-bond donors (Lipinski definition) is 0. The third-order valence-corrected chi connectivity index (χ3v) is 8.31. The molecule has 24 heavy (non-hydrogen) atoms. The fourth-order valence-electron chi connectivity index (χ4n) is 3.91. The molecule has 2 heterocycles. The van der Waals surface area contributed by atoms with E-state index in [-0.39, 0.29) is 13.2 Å². The van der Waals surface area contributed by atoms with Crippen molar-refractivity contribution in [2.75, 3.05) is 6.16 Å². The van der Waals surface area contributed by atoms with Crippen molar-refractivity contribution < 1.29 is 0 Å². The summed E-state index contributed by atoms with van der Waals surface area (Å²) >= 11 is 6.33. The van der Waals surface area contributed by atoms with Gasteiger partial charge in [-0.25, -0.2) is 0 Å². The van der Waals surface area contributed by atoms with Gasteiger partial charge in [0.1, 0.15) is 0 Å². The molecule has 122 valence electrons. The van der Waals surface area contributed by atoms with E-state index in [0.717, 1.165) is 11.4 Å². The molecular weight excluding hydrogens is 333 g/mol. The van der Waals surface area contributed by atoms with Gasteiger partial charge in [-0.05, 0) is 72.4 Å². The van der Waals surface area contributed by atoms with E-state index in [1.807, 2.05) is 12.1 Å². The van der Waals surface area contributed by atoms with Gasteiger partial charge in [0.2, 0.25) is 0 Å². The van der Waals surface area contributed by atoms with E-state index in [2.05, 4.69) is 50.8 Å². The molecule has 1 saturated heterocycles. The molecule has 4 rings (SSSR count). The number of fused-ring (bicyclic) bond motifs is 1. The lowest BCUT2D eigenvalue weighted by molar-refractivity contribution is 0.575. The minimum absolute atomic E-state index is 0.228. The molecule has 1 fully saturated rings. The molecule has 0 bridgehead atoms. The zero-order valence-electron chi connectivity index (χ0n) is 14.1. The molecule has 2 aromatic carbocycles. The van der Waals surface area contributed by atoms with Crippen LogP contribution in [0.25, 0.3) is 6.08 Å². The molecule has 0 N–H and O–H groups in total. The Bertz CT molecular complexity index is 850. The van der Waals surface area contributed by atoms with Crippen molar-refractivity contribution in [3.63, 3.8) is 0 Å². The second-order valence-corrected chi connectivity index (χ2v) is 9.66. The zero-order valence-corrected chi connectivity index (χ0v) is 15.8. The summed E-state index contributed by atoms with van der Waals surface area (Å²) in [5.41, 5.74) is 7.65. The summed E-state index contributed by atoms with van der Waals surface area (Å²) in [6.07, 6.45) is 5.44. The molecule has 0 aliphatic carbocycles. The highest BCUT2D eigenvalue weighted by atomic mass is 35.5. The summed E-state index contributed by atoms with van der Waals surface area (Å²) < 4.78 is 5.14. The predicted molar refractivity (Wildman–Crippen MR) is 107 cm³/mol. The van der Waals surface area contributed by atoms with E-state index in [9.17, 15) is 0 Å². The minimum atomic E-state index is -0.306. The van der Waals surface area contributed by atoms with Crippen molar-refractivity contribution in [2.45, 2.75) is 31.8 Å². The second kappa shape index (κ2) is 5.83. The van der Waals surface area contributed by atoms with Crippen molar-refractivity contribution in [1.29, 1.82) is 0 Å². The fourth-order valence-corrected chi connectivity index (χ4v) is 6.69. The average molecular weight is 354 g/mol. The molecule has 3 heteroatoms. The first kappa shape index (κ1) is 16.1. The maximum absolute atomic E-state index is 6.33. The van der Waals surface area contributed by atoms with E-state index < -0.39 is 0 Å². The van der Waals surface area contributed by atoms with Gasteiger partial charge in [0.15, 0.2) is 0 Å². The van der Waals surface area contributed by atoms with Gasteiger partial charge in [0.05, 0.1) is 0 Å². The highest BCUT2D eigenvalue weighted by Gasteiger charge is 2.52. The van der Waals surface area contributed by atoms with Crippen LogP contribution in [0.2, 0.25) is 5.02 Å². The number of halogens is 1. The summed E-state index contributed by atoms with van der Waals surface area (Å²) in [6.45, 7) is 8.15. The van der Waals surface area contributed by atoms with Crippen molar-refractivity contribution >= 4 is 31.5 Å². The maximum Gasteiger partial charge on any atom is 0.0478 e. The standard InChI is InChI=1S/C21H21ClNP/c1-4-16-5-6-17(11-15(16)3)20-13-21(7-8-24(21)23-20)18-9-14(2)10-19(22)12-18/h4-6,9-12H,1,7-8,13H2,2-3H3. The summed E-state index contributed by atoms with van der Waals surface area (Å²) in [5.74, 6) is 0. The molecule has 0 spiro atoms. The summed E-state index contributed by atoms with van der Waals surface area (Å²) in [5, 5.41) is 1.08. The molecule has 2 unspecified atom stereocenters. The van der Waals surface area contributed by atoms with Crippen LogP contribution in [0, 0.1) is 13.8 Å². The lowest BCUT2D eigenvalue weighted by Gasteiger charge is -2.44. The number of nitrogens with zero attached hydrogens (tertiary/aromatic N) is 1. The molecule has 0 saturated carbocycles. The van der Waals surface area contributed by atoms with Gasteiger partial charge >= 0.3 is 0 Å². The molecule has 2 aromatic rings. The molecular formula is C21H21ClNP. The van der Waals surface area contributed by atoms with Crippen molar-refractivity contribution in [3.8, 4) is 0 Å². The molecule has 0 aromatic heterocycles. The first-order valence-corrected chi connectivity index (χ1v) is 10.2. The third kappa shape index (κ3) is 2.46. The van der Waals surface area contributed by atoms with E-state index in [1.54, 1.807) is 0 Å². The van der Waals surface area contributed by atoms with Crippen molar-refractivity contribution in [2.24, 2.45) is 4.76 Å². The Balaban J connectivity index is 1.69. The van der Waals surface area contributed by atoms with Crippen LogP contribution in [0.4, 0.5) is 0 Å². The van der Waals surface area contributed by atoms with Crippen LogP contribution >= 0.6 is 19.7 Å². The minimum Gasteiger partial charge on any atom is -0.265 e. The number of aryl methyl sites for hydroxylation is 2. The third-order valence-electron chi connectivity index (χ3n) is 5.33. The Labute approximate surface area is 150 Å². The lowest BCUT2D eigenvalue weighted by atomic mass is 9.86. The fraction of sp³-hybridized carbons (Fsp3) is 0.286. The monoisotopic (exact) mass is 353 g/mol. The van der Waals surface area contributed by atoms with Gasteiger partial charge in [-0.15, -0.1) is 0 Å². The Morgan fingerprint density at radius 2 is 2.04 bits per heavy atom. The van der Waals surface area contributed by atoms with E-state index >= 15 is 0 Å². The van der Waals surface area contributed by atoms with Crippen LogP contribution in [0.1, 0.15) is 40.7 Å². The molecule has 0 amide bonds. The Morgan fingerprint density at radius 3 is 2.67 bits per heavy atom. The molecule has 2 aliphatic rings. The van der Waals surface area contributed by atoms with Gasteiger partial charge < -0.3 is 0 Å². The summed E-state index contributed by atoms with van der Waals surface area (Å²) in [4.78, 5) is 0. The second-order valence-electron chi connectivity index (χ2n) is 6.92. The van der Waals surface area contributed by atoms with Gasteiger partial charge in [-0.3, -0.25) is 4.76 Å². The first-order chi connectivity index (χ1) is 11.5. The van der Waals surface area contributed by atoms with Crippen LogP contribution < -0.4 is 0 Å². The topological polar surface area (TPSA) is 12.4 Å². The van der Waals surface area contributed by atoms with Crippen molar-refractivity contribution in [1.82, 2.24) is 0 Å². The van der Waals surface area contributed by atoms with E-state index in [1.165, 1.54) is 46.1 Å². The molecule has 2 atom stereocenters. The Hall–Kier alpha value is -1.43. The zero-order chi connectivity index (χ0) is 16.9. The number of hydrogen-bond acceptors (Lipinski definition) is 1. The quantitative estimate of drug-likeness (QED) is 0.559. The molecule has 0 radical (unpaired) electrons. The normalized spacial score (nSPS) is 25.0. The summed E-state index contributed by atoms with van der Waals surface area (Å²) in [6, 6.07) is 13.1. The lowest BCUT2D eigenvalue weighted by Crippen LogP contribution is -2.32. The molecule has 1 nitrogen and oxygen atoms in total. The van der Waals surface area contributed by atoms with Gasteiger partial charge in [0, 0.05) is 30.4 Å². The highest BCUT2D eigenvalue weighted by Crippen LogP contribution is 2.73. The Morgan fingerprint density at radius 1 is 1.21 bits per heavy atom. The van der Waals surface area contributed by atoms with Crippen LogP contribution in [-0.4, -0.2) is 11.9 Å². The maximum atomic E-state index is 6.33. The first-order valence-electron chi connectivity index (χ1n) is 8.38. The average Bonchev–Trinajstić information content (AvgIpc) is 2.78. The van der Waals surface area contributed by atoms with E-state index in [4.69, 9.17) is 16.4 Å². The number of benzene rings is 2. The largest absolute Gasteiger partial charge is 0.265 e. The van der Waals surface area contributed by atoms with Crippen LogP contribution in [0.3, 0.4) is 0 Å². The van der Waals surface area contributed by atoms with Gasteiger partial charge in [-0.2, -0.15) is 0 Å². The predicted octanol–water partition coefficient (Wildman–Crippen LogP) is 6.49. The molecule has 2 aliphatic heterocycles. The number of rotatable bonds is 3. The van der Waals surface area contributed by atoms with Crippen LogP contribution in [0.15, 0.2) is 47.7 Å². The van der Waals surface area contributed by atoms with Gasteiger partial charge in [0.25, 0.3) is 0 Å².